The highest BCUT2D eigenvalue weighted by Gasteiger charge is 2.20. The fourth-order valence-corrected chi connectivity index (χ4v) is 1.38. The van der Waals surface area contributed by atoms with E-state index in [2.05, 4.69) is 15.5 Å². The van der Waals surface area contributed by atoms with Crippen molar-refractivity contribution in [3.05, 3.63) is 11.4 Å². The van der Waals surface area contributed by atoms with Gasteiger partial charge in [-0.2, -0.15) is 5.10 Å². The summed E-state index contributed by atoms with van der Waals surface area (Å²) in [6, 6.07) is 0. The van der Waals surface area contributed by atoms with Crippen LogP contribution in [0.15, 0.2) is 0 Å². The van der Waals surface area contributed by atoms with Gasteiger partial charge in [-0.3, -0.25) is 5.10 Å². The van der Waals surface area contributed by atoms with Gasteiger partial charge in [-0.1, -0.05) is 0 Å². The largest absolute Gasteiger partial charge is 0.476 e. The topological polar surface area (TPSA) is 78.0 Å². The molecule has 1 aliphatic heterocycles. The molecule has 0 unspecified atom stereocenters. The van der Waals surface area contributed by atoms with Crippen molar-refractivity contribution in [1.82, 2.24) is 10.2 Å². The van der Waals surface area contributed by atoms with Gasteiger partial charge in [-0.25, -0.2) is 4.79 Å². The lowest BCUT2D eigenvalue weighted by Gasteiger charge is -2.12. The van der Waals surface area contributed by atoms with Gasteiger partial charge in [0.1, 0.15) is 0 Å². The van der Waals surface area contributed by atoms with Gasteiger partial charge in [0, 0.05) is 6.54 Å². The number of hydrogen-bond donors (Lipinski definition) is 3. The second-order valence-electron chi connectivity index (χ2n) is 2.76. The third-order valence-corrected chi connectivity index (χ3v) is 1.95. The molecule has 5 nitrogen and oxygen atoms in total. The maximum atomic E-state index is 10.6. The quantitative estimate of drug-likeness (QED) is 0.568. The predicted molar refractivity (Wildman–Crippen MR) is 42.4 cm³/mol. The molecule has 1 aromatic heterocycles. The van der Waals surface area contributed by atoms with Gasteiger partial charge in [0.2, 0.25) is 0 Å². The summed E-state index contributed by atoms with van der Waals surface area (Å²) in [5, 5.41) is 18.1. The lowest BCUT2D eigenvalue weighted by Crippen LogP contribution is -2.13. The molecule has 1 aliphatic rings. The Kier molecular flexibility index (Phi) is 1.49. The lowest BCUT2D eigenvalue weighted by molar-refractivity contribution is 0.0691. The van der Waals surface area contributed by atoms with Crippen LogP contribution in [0.3, 0.4) is 0 Å². The fraction of sp³-hybridized carbons (Fsp3) is 0.429. The number of H-pyrrole nitrogens is 1. The number of rotatable bonds is 1. The van der Waals surface area contributed by atoms with E-state index in [1.807, 2.05) is 0 Å². The number of fused-ring (bicyclic) bond motifs is 1. The maximum Gasteiger partial charge on any atom is 0.358 e. The van der Waals surface area contributed by atoms with Gasteiger partial charge < -0.3 is 10.4 Å². The first kappa shape index (κ1) is 7.15. The van der Waals surface area contributed by atoms with Crippen molar-refractivity contribution in [3.8, 4) is 0 Å². The van der Waals surface area contributed by atoms with Crippen molar-refractivity contribution < 1.29 is 9.90 Å². The number of nitrogens with zero attached hydrogens (tertiary/aromatic N) is 1. The van der Waals surface area contributed by atoms with Gasteiger partial charge in [0.25, 0.3) is 0 Å². The van der Waals surface area contributed by atoms with E-state index in [1.165, 1.54) is 0 Å². The van der Waals surface area contributed by atoms with Crippen molar-refractivity contribution in [1.29, 1.82) is 0 Å². The summed E-state index contributed by atoms with van der Waals surface area (Å²) in [5.74, 6) is -0.984. The van der Waals surface area contributed by atoms with E-state index >= 15 is 0 Å². The van der Waals surface area contributed by atoms with Crippen LogP contribution >= 0.6 is 0 Å². The van der Waals surface area contributed by atoms with E-state index in [0.717, 1.165) is 25.1 Å². The average molecular weight is 167 g/mol. The number of aromatic carboxylic acids is 1. The Balaban J connectivity index is 2.44. The Hall–Kier alpha value is -1.52. The highest BCUT2D eigenvalue weighted by Crippen LogP contribution is 2.22. The zero-order chi connectivity index (χ0) is 8.55. The molecule has 64 valence electrons. The van der Waals surface area contributed by atoms with Gasteiger partial charge in [-0.15, -0.1) is 0 Å². The van der Waals surface area contributed by atoms with E-state index in [0.29, 0.717) is 5.69 Å². The molecule has 0 aliphatic carbocycles. The molecule has 0 atom stereocenters. The van der Waals surface area contributed by atoms with Crippen LogP contribution in [0.4, 0.5) is 5.69 Å². The van der Waals surface area contributed by atoms with Crippen LogP contribution in [0.5, 0.6) is 0 Å². The van der Waals surface area contributed by atoms with Crippen LogP contribution in [0.2, 0.25) is 0 Å². The van der Waals surface area contributed by atoms with E-state index in [1.54, 1.807) is 0 Å². The second kappa shape index (κ2) is 2.51. The highest BCUT2D eigenvalue weighted by molar-refractivity contribution is 5.92. The summed E-state index contributed by atoms with van der Waals surface area (Å²) < 4.78 is 0. The number of aromatic nitrogens is 2. The summed E-state index contributed by atoms with van der Waals surface area (Å²) in [5.41, 5.74) is 1.66. The predicted octanol–water partition coefficient (Wildman–Crippen LogP) is 0.466. The normalized spacial score (nSPS) is 15.0. The van der Waals surface area contributed by atoms with Crippen LogP contribution in [0.1, 0.15) is 22.6 Å². The average Bonchev–Trinajstić information content (AvgIpc) is 2.47. The van der Waals surface area contributed by atoms with Crippen molar-refractivity contribution in [2.75, 3.05) is 11.9 Å². The third-order valence-electron chi connectivity index (χ3n) is 1.95. The molecule has 0 aromatic carbocycles. The maximum absolute atomic E-state index is 10.6. The minimum atomic E-state index is -0.984. The Morgan fingerprint density at radius 2 is 2.42 bits per heavy atom. The standard InChI is InChI=1S/C7H9N3O2/c11-7(12)6-5-4(9-10-6)2-1-3-8-5/h8H,1-3H2,(H,9,10)(H,11,12). The molecule has 12 heavy (non-hydrogen) atoms. The number of aromatic amines is 1. The smallest absolute Gasteiger partial charge is 0.358 e. The number of hydrogen-bond acceptors (Lipinski definition) is 3. The minimum absolute atomic E-state index is 0.102. The fourth-order valence-electron chi connectivity index (χ4n) is 1.38. The van der Waals surface area contributed by atoms with E-state index in [4.69, 9.17) is 5.11 Å². The van der Waals surface area contributed by atoms with Crippen LogP contribution in [-0.4, -0.2) is 27.8 Å². The minimum Gasteiger partial charge on any atom is -0.476 e. The molecule has 0 saturated carbocycles. The molecule has 5 heteroatoms. The number of nitrogens with one attached hydrogen (secondary N) is 2. The highest BCUT2D eigenvalue weighted by atomic mass is 16.4. The number of anilines is 1. The Morgan fingerprint density at radius 1 is 1.58 bits per heavy atom. The molecule has 0 bridgehead atoms. The zero-order valence-electron chi connectivity index (χ0n) is 6.42. The summed E-state index contributed by atoms with van der Waals surface area (Å²) in [4.78, 5) is 10.6. The number of carbonyl (C=O) groups is 1. The summed E-state index contributed by atoms with van der Waals surface area (Å²) in [6.45, 7) is 0.826. The van der Waals surface area contributed by atoms with Gasteiger partial charge in [0.05, 0.1) is 11.4 Å². The number of aryl methyl sites for hydroxylation is 1. The molecule has 3 N–H and O–H groups in total. The summed E-state index contributed by atoms with van der Waals surface area (Å²) >= 11 is 0. The van der Waals surface area contributed by atoms with Gasteiger partial charge in [-0.05, 0) is 12.8 Å². The van der Waals surface area contributed by atoms with Crippen molar-refractivity contribution in [2.45, 2.75) is 12.8 Å². The molecular weight excluding hydrogens is 158 g/mol. The van der Waals surface area contributed by atoms with Crippen LogP contribution < -0.4 is 5.32 Å². The first-order valence-corrected chi connectivity index (χ1v) is 3.83. The molecule has 2 heterocycles. The molecule has 0 saturated heterocycles. The van der Waals surface area contributed by atoms with Crippen molar-refractivity contribution >= 4 is 11.7 Å². The summed E-state index contributed by atoms with van der Waals surface area (Å²) in [7, 11) is 0. The first-order chi connectivity index (χ1) is 5.79. The van der Waals surface area contributed by atoms with Crippen molar-refractivity contribution in [2.24, 2.45) is 0 Å². The molecule has 1 aromatic rings. The molecule has 0 fully saturated rings. The third kappa shape index (κ3) is 0.939. The Morgan fingerprint density at radius 3 is 3.17 bits per heavy atom. The van der Waals surface area contributed by atoms with Crippen molar-refractivity contribution in [3.63, 3.8) is 0 Å². The van der Waals surface area contributed by atoms with Crippen LogP contribution in [0.25, 0.3) is 0 Å². The second-order valence-corrected chi connectivity index (χ2v) is 2.76. The molecule has 2 rings (SSSR count). The van der Waals surface area contributed by atoms with Gasteiger partial charge >= 0.3 is 5.97 Å². The molecule has 0 radical (unpaired) electrons. The van der Waals surface area contributed by atoms with Crippen LogP contribution in [0, 0.1) is 0 Å². The number of carboxylic acids is 1. The number of carboxylic acid groups (broad SMARTS) is 1. The van der Waals surface area contributed by atoms with Crippen LogP contribution in [-0.2, 0) is 6.42 Å². The SMILES string of the molecule is O=C(O)c1n[nH]c2c1NCCC2. The zero-order valence-corrected chi connectivity index (χ0v) is 6.42. The first-order valence-electron chi connectivity index (χ1n) is 3.83. The van der Waals surface area contributed by atoms with E-state index in [-0.39, 0.29) is 5.69 Å². The molecule has 0 amide bonds. The Labute approximate surface area is 68.8 Å². The molecule has 0 spiro atoms. The van der Waals surface area contributed by atoms with E-state index in [9.17, 15) is 4.79 Å². The van der Waals surface area contributed by atoms with E-state index < -0.39 is 5.97 Å². The lowest BCUT2D eigenvalue weighted by atomic mass is 10.1. The Bertz CT molecular complexity index is 318. The monoisotopic (exact) mass is 167 g/mol. The summed E-state index contributed by atoms with van der Waals surface area (Å²) in [6.07, 6.45) is 1.90. The van der Waals surface area contributed by atoms with Gasteiger partial charge in [0.15, 0.2) is 5.69 Å². The molecular formula is C7H9N3O2.